The van der Waals surface area contributed by atoms with Gasteiger partial charge >= 0.3 is 0 Å². The number of aromatic nitrogens is 2. The molecule has 0 spiro atoms. The van der Waals surface area contributed by atoms with Crippen molar-refractivity contribution in [2.75, 3.05) is 6.54 Å². The van der Waals surface area contributed by atoms with Crippen LogP contribution in [0.3, 0.4) is 0 Å². The predicted molar refractivity (Wildman–Crippen MR) is 86.0 cm³/mol. The molecule has 3 nitrogen and oxygen atoms in total. The molecule has 1 N–H and O–H groups in total. The van der Waals surface area contributed by atoms with E-state index in [1.54, 1.807) is 0 Å². The van der Waals surface area contributed by atoms with Crippen LogP contribution in [0.5, 0.6) is 0 Å². The van der Waals surface area contributed by atoms with Crippen LogP contribution in [0.4, 0.5) is 0 Å². The number of benzene rings is 1. The van der Waals surface area contributed by atoms with E-state index in [1.807, 2.05) is 29.7 Å². The highest BCUT2D eigenvalue weighted by Gasteiger charge is 2.22. The van der Waals surface area contributed by atoms with Crippen LogP contribution in [0.15, 0.2) is 47.6 Å². The molecule has 0 saturated carbocycles. The van der Waals surface area contributed by atoms with Crippen molar-refractivity contribution in [1.82, 2.24) is 15.1 Å². The molecule has 0 saturated heterocycles. The van der Waals surface area contributed by atoms with Gasteiger partial charge in [-0.05, 0) is 18.5 Å². The van der Waals surface area contributed by atoms with E-state index in [0.29, 0.717) is 11.3 Å². The molecule has 2 unspecified atom stereocenters. The lowest BCUT2D eigenvalue weighted by atomic mass is 10.0. The van der Waals surface area contributed by atoms with Gasteiger partial charge in [-0.25, -0.2) is 0 Å². The summed E-state index contributed by atoms with van der Waals surface area (Å²) in [5, 5.41) is 8.39. The fraction of sp³-hybridized carbons (Fsp3) is 0.438. The molecule has 0 fully saturated rings. The zero-order valence-electron chi connectivity index (χ0n) is 12.4. The van der Waals surface area contributed by atoms with Crippen molar-refractivity contribution in [2.24, 2.45) is 7.05 Å². The second-order valence-electron chi connectivity index (χ2n) is 4.86. The quantitative estimate of drug-likeness (QED) is 0.789. The molecule has 0 aliphatic carbocycles. The van der Waals surface area contributed by atoms with Crippen molar-refractivity contribution in [1.29, 1.82) is 0 Å². The van der Waals surface area contributed by atoms with Crippen molar-refractivity contribution >= 4 is 11.8 Å². The lowest BCUT2D eigenvalue weighted by Gasteiger charge is -2.26. The summed E-state index contributed by atoms with van der Waals surface area (Å²) in [6.07, 6.45) is 5.15. The molecule has 4 heteroatoms. The van der Waals surface area contributed by atoms with Crippen LogP contribution in [-0.4, -0.2) is 21.6 Å². The molecule has 0 aliphatic heterocycles. The Labute approximate surface area is 125 Å². The third kappa shape index (κ3) is 3.87. The zero-order chi connectivity index (χ0) is 14.4. The van der Waals surface area contributed by atoms with Crippen molar-refractivity contribution in [3.63, 3.8) is 0 Å². The van der Waals surface area contributed by atoms with E-state index in [9.17, 15) is 0 Å². The Kier molecular flexibility index (Phi) is 5.68. The molecule has 0 aliphatic rings. The summed E-state index contributed by atoms with van der Waals surface area (Å²) in [5.74, 6) is 0. The number of aryl methyl sites for hydroxylation is 1. The van der Waals surface area contributed by atoms with Gasteiger partial charge in [0.1, 0.15) is 0 Å². The number of hydrogen-bond donors (Lipinski definition) is 1. The largest absolute Gasteiger partial charge is 0.309 e. The van der Waals surface area contributed by atoms with Crippen LogP contribution in [0.2, 0.25) is 0 Å². The molecule has 2 atom stereocenters. The summed E-state index contributed by atoms with van der Waals surface area (Å²) in [7, 11) is 1.96. The van der Waals surface area contributed by atoms with Gasteiger partial charge < -0.3 is 5.32 Å². The number of thioether (sulfide) groups is 1. The Morgan fingerprint density at radius 1 is 1.25 bits per heavy atom. The Bertz CT molecular complexity index is 509. The molecule has 108 valence electrons. The third-order valence-electron chi connectivity index (χ3n) is 3.33. The van der Waals surface area contributed by atoms with E-state index >= 15 is 0 Å². The minimum atomic E-state index is 0.372. The van der Waals surface area contributed by atoms with E-state index in [-0.39, 0.29) is 0 Å². The van der Waals surface area contributed by atoms with E-state index in [1.165, 1.54) is 10.5 Å². The van der Waals surface area contributed by atoms with E-state index in [4.69, 9.17) is 0 Å². The molecule has 2 aromatic rings. The molecule has 0 radical (unpaired) electrons. The molecule has 1 heterocycles. The SMILES string of the molecule is CCNC(c1ccccc1)C(CC)Sc1cnn(C)c1. The number of rotatable bonds is 7. The average molecular weight is 289 g/mol. The van der Waals surface area contributed by atoms with E-state index < -0.39 is 0 Å². The second-order valence-corrected chi connectivity index (χ2v) is 6.17. The Hall–Kier alpha value is -1.26. The van der Waals surface area contributed by atoms with Crippen LogP contribution < -0.4 is 5.32 Å². The lowest BCUT2D eigenvalue weighted by molar-refractivity contribution is 0.521. The monoisotopic (exact) mass is 289 g/mol. The average Bonchev–Trinajstić information content (AvgIpc) is 2.89. The minimum absolute atomic E-state index is 0.372. The van der Waals surface area contributed by atoms with Crippen molar-refractivity contribution in [3.8, 4) is 0 Å². The van der Waals surface area contributed by atoms with Crippen LogP contribution in [0.25, 0.3) is 0 Å². The minimum Gasteiger partial charge on any atom is -0.309 e. The van der Waals surface area contributed by atoms with Crippen LogP contribution in [-0.2, 0) is 7.05 Å². The molecular formula is C16H23N3S. The maximum atomic E-state index is 4.26. The van der Waals surface area contributed by atoms with Gasteiger partial charge in [-0.15, -0.1) is 11.8 Å². The van der Waals surface area contributed by atoms with E-state index in [0.717, 1.165) is 13.0 Å². The lowest BCUT2D eigenvalue weighted by Crippen LogP contribution is -2.29. The Morgan fingerprint density at radius 3 is 2.55 bits per heavy atom. The Balaban J connectivity index is 2.17. The van der Waals surface area contributed by atoms with Gasteiger partial charge in [0.15, 0.2) is 0 Å². The highest BCUT2D eigenvalue weighted by Crippen LogP contribution is 2.34. The van der Waals surface area contributed by atoms with Crippen LogP contribution in [0.1, 0.15) is 31.9 Å². The highest BCUT2D eigenvalue weighted by molar-refractivity contribution is 8.00. The molecule has 20 heavy (non-hydrogen) atoms. The van der Waals surface area contributed by atoms with E-state index in [2.05, 4.69) is 60.8 Å². The first kappa shape index (κ1) is 15.1. The fourth-order valence-corrected chi connectivity index (χ4v) is 3.59. The molecule has 1 aromatic carbocycles. The summed E-state index contributed by atoms with van der Waals surface area (Å²) < 4.78 is 1.86. The first-order valence-corrected chi connectivity index (χ1v) is 8.06. The smallest absolute Gasteiger partial charge is 0.0625 e. The maximum Gasteiger partial charge on any atom is 0.0625 e. The summed E-state index contributed by atoms with van der Waals surface area (Å²) in [4.78, 5) is 1.23. The second kappa shape index (κ2) is 7.50. The standard InChI is InChI=1S/C16H23N3S/c1-4-15(20-14-11-18-19(3)12-14)16(17-5-2)13-9-7-6-8-10-13/h6-12,15-17H,4-5H2,1-3H3. The Morgan fingerprint density at radius 2 is 2.00 bits per heavy atom. The zero-order valence-corrected chi connectivity index (χ0v) is 13.2. The van der Waals surface area contributed by atoms with Gasteiger partial charge in [-0.2, -0.15) is 5.10 Å². The third-order valence-corrected chi connectivity index (χ3v) is 4.72. The van der Waals surface area contributed by atoms with Gasteiger partial charge in [0.05, 0.1) is 6.20 Å². The van der Waals surface area contributed by atoms with Crippen LogP contribution in [0, 0.1) is 0 Å². The summed E-state index contributed by atoms with van der Waals surface area (Å²) >= 11 is 1.91. The topological polar surface area (TPSA) is 29.9 Å². The van der Waals surface area contributed by atoms with Gasteiger partial charge in [0.25, 0.3) is 0 Å². The number of nitrogens with one attached hydrogen (secondary N) is 1. The number of hydrogen-bond acceptors (Lipinski definition) is 3. The molecular weight excluding hydrogens is 266 g/mol. The van der Waals surface area contributed by atoms with Gasteiger partial charge in [-0.3, -0.25) is 4.68 Å². The molecule has 0 amide bonds. The van der Waals surface area contributed by atoms with Crippen molar-refractivity contribution in [2.45, 2.75) is 36.5 Å². The van der Waals surface area contributed by atoms with Gasteiger partial charge in [0, 0.05) is 29.4 Å². The van der Waals surface area contributed by atoms with Crippen LogP contribution >= 0.6 is 11.8 Å². The molecule has 0 bridgehead atoms. The van der Waals surface area contributed by atoms with Gasteiger partial charge in [0.2, 0.25) is 0 Å². The summed E-state index contributed by atoms with van der Waals surface area (Å²) in [5.41, 5.74) is 1.36. The van der Waals surface area contributed by atoms with Crippen molar-refractivity contribution in [3.05, 3.63) is 48.3 Å². The normalized spacial score (nSPS) is 14.2. The fourth-order valence-electron chi connectivity index (χ4n) is 2.37. The summed E-state index contributed by atoms with van der Waals surface area (Å²) in [6, 6.07) is 11.1. The number of nitrogens with zero attached hydrogens (tertiary/aromatic N) is 2. The highest BCUT2D eigenvalue weighted by atomic mass is 32.2. The predicted octanol–water partition coefficient (Wildman–Crippen LogP) is 3.64. The first-order valence-electron chi connectivity index (χ1n) is 7.18. The summed E-state index contributed by atoms with van der Waals surface area (Å²) in [6.45, 7) is 5.39. The first-order chi connectivity index (χ1) is 9.74. The van der Waals surface area contributed by atoms with Gasteiger partial charge in [-0.1, -0.05) is 44.2 Å². The molecule has 2 rings (SSSR count). The van der Waals surface area contributed by atoms with Crippen molar-refractivity contribution < 1.29 is 0 Å². The molecule has 1 aromatic heterocycles. The maximum absolute atomic E-state index is 4.26.